The van der Waals surface area contributed by atoms with E-state index in [-0.39, 0.29) is 5.97 Å². The number of hydrogen-bond acceptors (Lipinski definition) is 5. The van der Waals surface area contributed by atoms with Crippen LogP contribution in [0.4, 0.5) is 5.69 Å². The van der Waals surface area contributed by atoms with Gasteiger partial charge in [-0.2, -0.15) is 0 Å². The lowest BCUT2D eigenvalue weighted by atomic mass is 10.2. The second-order valence-corrected chi connectivity index (χ2v) is 6.47. The highest BCUT2D eigenvalue weighted by atomic mass is 79.9. The van der Waals surface area contributed by atoms with Crippen LogP contribution in [0, 0.1) is 0 Å². The summed E-state index contributed by atoms with van der Waals surface area (Å²) < 4.78 is 11.0. The van der Waals surface area contributed by atoms with Crippen LogP contribution >= 0.6 is 27.3 Å². The van der Waals surface area contributed by atoms with Crippen LogP contribution in [0.15, 0.2) is 40.2 Å². The summed E-state index contributed by atoms with van der Waals surface area (Å²) in [6.45, 7) is 0. The highest BCUT2D eigenvalue weighted by molar-refractivity contribution is 9.11. The molecule has 106 valence electrons. The van der Waals surface area contributed by atoms with Crippen LogP contribution < -0.4 is 10.1 Å². The van der Waals surface area contributed by atoms with Crippen molar-refractivity contribution in [2.75, 3.05) is 19.5 Å². The SMILES string of the molecule is COC(=O)C(Nc1cccc(OC)c1)c1ccc(Br)s1. The summed E-state index contributed by atoms with van der Waals surface area (Å²) in [5.74, 6) is 0.396. The zero-order valence-corrected chi connectivity index (χ0v) is 13.5. The highest BCUT2D eigenvalue weighted by Gasteiger charge is 2.23. The van der Waals surface area contributed by atoms with E-state index in [1.807, 2.05) is 36.4 Å². The van der Waals surface area contributed by atoms with E-state index < -0.39 is 6.04 Å². The van der Waals surface area contributed by atoms with E-state index in [9.17, 15) is 4.79 Å². The first-order chi connectivity index (χ1) is 9.63. The molecule has 0 radical (unpaired) electrons. The molecule has 0 saturated heterocycles. The Balaban J connectivity index is 2.25. The van der Waals surface area contributed by atoms with Crippen molar-refractivity contribution in [3.8, 4) is 5.75 Å². The summed E-state index contributed by atoms with van der Waals surface area (Å²) in [4.78, 5) is 12.8. The molecule has 1 heterocycles. The Hall–Kier alpha value is -1.53. The monoisotopic (exact) mass is 355 g/mol. The fourth-order valence-corrected chi connectivity index (χ4v) is 3.19. The van der Waals surface area contributed by atoms with Crippen LogP contribution in [-0.2, 0) is 9.53 Å². The number of hydrogen-bond donors (Lipinski definition) is 1. The van der Waals surface area contributed by atoms with Crippen LogP contribution in [0.1, 0.15) is 10.9 Å². The first kappa shape index (κ1) is 14.9. The molecule has 0 bridgehead atoms. The third kappa shape index (κ3) is 3.52. The summed E-state index contributed by atoms with van der Waals surface area (Å²) in [7, 11) is 2.98. The maximum Gasteiger partial charge on any atom is 0.333 e. The topological polar surface area (TPSA) is 47.6 Å². The lowest BCUT2D eigenvalue weighted by Gasteiger charge is -2.16. The van der Waals surface area contributed by atoms with Crippen molar-refractivity contribution >= 4 is 38.9 Å². The molecule has 2 aromatic rings. The Bertz CT molecular complexity index is 600. The van der Waals surface area contributed by atoms with Crippen molar-refractivity contribution in [2.45, 2.75) is 6.04 Å². The van der Waals surface area contributed by atoms with Crippen molar-refractivity contribution in [1.82, 2.24) is 0 Å². The van der Waals surface area contributed by atoms with Gasteiger partial charge in [-0.25, -0.2) is 4.79 Å². The molecule has 1 aromatic carbocycles. The number of thiophene rings is 1. The number of methoxy groups -OCH3 is 2. The zero-order chi connectivity index (χ0) is 14.5. The third-order valence-electron chi connectivity index (χ3n) is 2.70. The summed E-state index contributed by atoms with van der Waals surface area (Å²) in [5, 5.41) is 3.17. The molecule has 0 saturated carbocycles. The van der Waals surface area contributed by atoms with Gasteiger partial charge >= 0.3 is 5.97 Å². The van der Waals surface area contributed by atoms with Crippen LogP contribution in [0.25, 0.3) is 0 Å². The molecule has 1 atom stereocenters. The van der Waals surface area contributed by atoms with E-state index in [1.54, 1.807) is 7.11 Å². The molecular weight excluding hydrogens is 342 g/mol. The Morgan fingerprint density at radius 1 is 1.30 bits per heavy atom. The highest BCUT2D eigenvalue weighted by Crippen LogP contribution is 2.31. The van der Waals surface area contributed by atoms with Gasteiger partial charge in [0, 0.05) is 16.6 Å². The predicted molar refractivity (Wildman–Crippen MR) is 83.4 cm³/mol. The number of halogens is 1. The van der Waals surface area contributed by atoms with Gasteiger partial charge in [0.1, 0.15) is 5.75 Å². The maximum atomic E-state index is 12.0. The fourth-order valence-electron chi connectivity index (χ4n) is 1.73. The average Bonchev–Trinajstić information content (AvgIpc) is 2.90. The van der Waals surface area contributed by atoms with Gasteiger partial charge in [-0.05, 0) is 40.2 Å². The number of carbonyl (C=O) groups excluding carboxylic acids is 1. The van der Waals surface area contributed by atoms with Crippen molar-refractivity contribution in [3.05, 3.63) is 45.1 Å². The average molecular weight is 356 g/mol. The first-order valence-electron chi connectivity index (χ1n) is 5.87. The molecule has 1 N–H and O–H groups in total. The minimum Gasteiger partial charge on any atom is -0.497 e. The minimum atomic E-state index is -0.539. The summed E-state index contributed by atoms with van der Waals surface area (Å²) in [6, 6.07) is 10.7. The van der Waals surface area contributed by atoms with E-state index in [2.05, 4.69) is 21.2 Å². The minimum absolute atomic E-state index is 0.331. The normalized spacial score (nSPS) is 11.8. The van der Waals surface area contributed by atoms with Gasteiger partial charge in [-0.3, -0.25) is 0 Å². The van der Waals surface area contributed by atoms with E-state index in [1.165, 1.54) is 18.4 Å². The summed E-state index contributed by atoms with van der Waals surface area (Å²) in [6.07, 6.45) is 0. The molecule has 1 aromatic heterocycles. The third-order valence-corrected chi connectivity index (χ3v) is 4.38. The number of esters is 1. The van der Waals surface area contributed by atoms with Crippen molar-refractivity contribution in [3.63, 3.8) is 0 Å². The molecule has 0 fully saturated rings. The molecule has 0 aliphatic heterocycles. The van der Waals surface area contributed by atoms with Gasteiger partial charge in [0.25, 0.3) is 0 Å². The predicted octanol–water partition coefficient (Wildman–Crippen LogP) is 3.85. The largest absolute Gasteiger partial charge is 0.497 e. The Labute approximate surface area is 129 Å². The van der Waals surface area contributed by atoms with Crippen molar-refractivity contribution in [2.24, 2.45) is 0 Å². The van der Waals surface area contributed by atoms with Crippen LogP contribution in [0.5, 0.6) is 5.75 Å². The van der Waals surface area contributed by atoms with E-state index in [0.717, 1.165) is 20.1 Å². The van der Waals surface area contributed by atoms with Gasteiger partial charge in [0.15, 0.2) is 6.04 Å². The number of benzene rings is 1. The van der Waals surface area contributed by atoms with Crippen molar-refractivity contribution in [1.29, 1.82) is 0 Å². The Kier molecular flexibility index (Phi) is 5.03. The number of nitrogens with one attached hydrogen (secondary N) is 1. The molecule has 4 nitrogen and oxygen atoms in total. The summed E-state index contributed by atoms with van der Waals surface area (Å²) >= 11 is 4.89. The maximum absolute atomic E-state index is 12.0. The molecular formula is C14H14BrNO3S. The molecule has 2 rings (SSSR count). The van der Waals surface area contributed by atoms with Gasteiger partial charge < -0.3 is 14.8 Å². The lowest BCUT2D eigenvalue weighted by molar-refractivity contribution is -0.141. The quantitative estimate of drug-likeness (QED) is 0.827. The van der Waals surface area contributed by atoms with Gasteiger partial charge in [0.2, 0.25) is 0 Å². The number of ether oxygens (including phenoxy) is 2. The van der Waals surface area contributed by atoms with Gasteiger partial charge in [-0.15, -0.1) is 11.3 Å². The lowest BCUT2D eigenvalue weighted by Crippen LogP contribution is -2.21. The number of anilines is 1. The number of rotatable bonds is 5. The van der Waals surface area contributed by atoms with Crippen LogP contribution in [-0.4, -0.2) is 20.2 Å². The Morgan fingerprint density at radius 3 is 2.70 bits per heavy atom. The van der Waals surface area contributed by atoms with Crippen LogP contribution in [0.2, 0.25) is 0 Å². The molecule has 20 heavy (non-hydrogen) atoms. The molecule has 6 heteroatoms. The van der Waals surface area contributed by atoms with E-state index in [4.69, 9.17) is 9.47 Å². The first-order valence-corrected chi connectivity index (χ1v) is 7.48. The van der Waals surface area contributed by atoms with E-state index in [0.29, 0.717) is 0 Å². The summed E-state index contributed by atoms with van der Waals surface area (Å²) in [5.41, 5.74) is 0.796. The molecule has 1 unspecified atom stereocenters. The van der Waals surface area contributed by atoms with Crippen LogP contribution in [0.3, 0.4) is 0 Å². The second-order valence-electron chi connectivity index (χ2n) is 3.97. The standard InChI is InChI=1S/C14H14BrNO3S/c1-18-10-5-3-4-9(8-10)16-13(14(17)19-2)11-6-7-12(15)20-11/h3-8,13,16H,1-2H3. The molecule has 0 aliphatic rings. The van der Waals surface area contributed by atoms with Gasteiger partial charge in [-0.1, -0.05) is 6.07 Å². The second kappa shape index (κ2) is 6.76. The Morgan fingerprint density at radius 2 is 2.10 bits per heavy atom. The number of carbonyl (C=O) groups is 1. The zero-order valence-electron chi connectivity index (χ0n) is 11.1. The molecule has 0 spiro atoms. The molecule has 0 amide bonds. The van der Waals surface area contributed by atoms with Gasteiger partial charge in [0.05, 0.1) is 18.0 Å². The molecule has 0 aliphatic carbocycles. The smallest absolute Gasteiger partial charge is 0.333 e. The fraction of sp³-hybridized carbons (Fsp3) is 0.214. The van der Waals surface area contributed by atoms with E-state index >= 15 is 0 Å². The van der Waals surface area contributed by atoms with Crippen molar-refractivity contribution < 1.29 is 14.3 Å².